The first kappa shape index (κ1) is 25.8. The molecule has 5 rings (SSSR count). The van der Waals surface area contributed by atoms with Gasteiger partial charge >= 0.3 is 11.9 Å². The van der Waals surface area contributed by atoms with Crippen LogP contribution in [0.15, 0.2) is 18.2 Å². The van der Waals surface area contributed by atoms with Crippen LogP contribution < -0.4 is 0 Å². The van der Waals surface area contributed by atoms with Gasteiger partial charge in [0.25, 0.3) is 0 Å². The van der Waals surface area contributed by atoms with E-state index >= 15 is 0 Å². The Hall–Kier alpha value is -1.88. The van der Waals surface area contributed by atoms with Crippen LogP contribution in [0, 0.1) is 22.7 Å². The van der Waals surface area contributed by atoms with E-state index in [1.54, 1.807) is 7.11 Å². The maximum absolute atomic E-state index is 13.5. The van der Waals surface area contributed by atoms with Gasteiger partial charge in [-0.05, 0) is 66.0 Å². The summed E-state index contributed by atoms with van der Waals surface area (Å²) in [6.45, 7) is 18.5. The number of esters is 2. The molecule has 3 aliphatic carbocycles. The van der Waals surface area contributed by atoms with Crippen LogP contribution in [-0.2, 0) is 40.0 Å². The first-order valence-corrected chi connectivity index (χ1v) is 13.6. The van der Waals surface area contributed by atoms with Crippen molar-refractivity contribution in [2.75, 3.05) is 20.3 Å². The molecule has 5 nitrogen and oxygen atoms in total. The van der Waals surface area contributed by atoms with E-state index in [0.717, 1.165) is 0 Å². The van der Waals surface area contributed by atoms with Crippen molar-refractivity contribution in [2.24, 2.45) is 22.7 Å². The highest BCUT2D eigenvalue weighted by atomic mass is 16.6. The van der Waals surface area contributed by atoms with Gasteiger partial charge in [0, 0.05) is 23.9 Å². The Labute approximate surface area is 216 Å². The van der Waals surface area contributed by atoms with E-state index in [2.05, 4.69) is 52.8 Å². The quantitative estimate of drug-likeness (QED) is 0.462. The molecule has 1 heterocycles. The highest BCUT2D eigenvalue weighted by molar-refractivity contribution is 5.93. The van der Waals surface area contributed by atoms with Crippen molar-refractivity contribution in [1.29, 1.82) is 0 Å². The van der Waals surface area contributed by atoms with Gasteiger partial charge < -0.3 is 14.2 Å². The summed E-state index contributed by atoms with van der Waals surface area (Å²) in [6.07, 6.45) is 3.55. The highest BCUT2D eigenvalue weighted by Crippen LogP contribution is 2.66. The SMILES string of the molecule is COCC1C(COC(=O)C23CCC(C)(C(=O)O2)C3(C)C)[C@@]1(C)c1ccc2c(c1)C(C)(C)CCC2(C)C. The van der Waals surface area contributed by atoms with Crippen molar-refractivity contribution in [3.8, 4) is 0 Å². The molecule has 4 aliphatic rings. The molecule has 1 saturated heterocycles. The van der Waals surface area contributed by atoms with Gasteiger partial charge in [-0.3, -0.25) is 4.79 Å². The molecule has 0 spiro atoms. The lowest BCUT2D eigenvalue weighted by Gasteiger charge is -2.42. The normalized spacial score (nSPS) is 38.9. The van der Waals surface area contributed by atoms with E-state index in [4.69, 9.17) is 14.2 Å². The van der Waals surface area contributed by atoms with Crippen LogP contribution in [0.2, 0.25) is 0 Å². The fraction of sp³-hybridized carbons (Fsp3) is 0.742. The molecule has 2 bridgehead atoms. The first-order valence-electron chi connectivity index (χ1n) is 13.6. The van der Waals surface area contributed by atoms with E-state index in [1.165, 1.54) is 29.5 Å². The number of hydrogen-bond donors (Lipinski definition) is 0. The largest absolute Gasteiger partial charge is 0.462 e. The van der Waals surface area contributed by atoms with Gasteiger partial charge in [-0.2, -0.15) is 0 Å². The molecule has 1 aromatic rings. The Morgan fingerprint density at radius 1 is 0.889 bits per heavy atom. The minimum atomic E-state index is -1.18. The van der Waals surface area contributed by atoms with Crippen LogP contribution in [0.1, 0.15) is 97.8 Å². The number of ether oxygens (including phenoxy) is 3. The second-order valence-corrected chi connectivity index (χ2v) is 14.3. The molecule has 1 aliphatic heterocycles. The number of rotatable bonds is 6. The average molecular weight is 497 g/mol. The minimum Gasteiger partial charge on any atom is -0.462 e. The zero-order valence-electron chi connectivity index (χ0n) is 23.7. The number of fused-ring (bicyclic) bond motifs is 3. The topological polar surface area (TPSA) is 61.8 Å². The third kappa shape index (κ3) is 3.10. The lowest BCUT2D eigenvalue weighted by molar-refractivity contribution is -0.183. The van der Waals surface area contributed by atoms with Gasteiger partial charge in [-0.25, -0.2) is 4.79 Å². The van der Waals surface area contributed by atoms with Crippen molar-refractivity contribution in [2.45, 2.75) is 103 Å². The predicted octanol–water partition coefficient (Wildman–Crippen LogP) is 5.85. The lowest BCUT2D eigenvalue weighted by Crippen LogP contribution is -2.49. The number of hydrogen-bond acceptors (Lipinski definition) is 5. The van der Waals surface area contributed by atoms with Gasteiger partial charge in [-0.15, -0.1) is 0 Å². The molecule has 0 radical (unpaired) electrons. The lowest BCUT2D eigenvalue weighted by atomic mass is 9.62. The smallest absolute Gasteiger partial charge is 0.351 e. The van der Waals surface area contributed by atoms with E-state index in [-0.39, 0.29) is 40.0 Å². The molecule has 4 unspecified atom stereocenters. The van der Waals surface area contributed by atoms with Gasteiger partial charge in [0.1, 0.15) is 0 Å². The summed E-state index contributed by atoms with van der Waals surface area (Å²) < 4.78 is 17.4. The van der Waals surface area contributed by atoms with Gasteiger partial charge in [0.2, 0.25) is 5.60 Å². The van der Waals surface area contributed by atoms with E-state index in [0.29, 0.717) is 26.1 Å². The molecule has 1 aromatic carbocycles. The molecular formula is C31H44O5. The zero-order valence-corrected chi connectivity index (χ0v) is 23.7. The Balaban J connectivity index is 1.40. The maximum Gasteiger partial charge on any atom is 0.351 e. The molecule has 2 saturated carbocycles. The molecule has 5 atom stereocenters. The highest BCUT2D eigenvalue weighted by Gasteiger charge is 2.76. The second kappa shape index (κ2) is 7.58. The molecule has 36 heavy (non-hydrogen) atoms. The van der Waals surface area contributed by atoms with Gasteiger partial charge in [-0.1, -0.05) is 66.7 Å². The Morgan fingerprint density at radius 2 is 1.50 bits per heavy atom. The van der Waals surface area contributed by atoms with Crippen molar-refractivity contribution in [1.82, 2.24) is 0 Å². The van der Waals surface area contributed by atoms with Crippen LogP contribution in [0.3, 0.4) is 0 Å². The van der Waals surface area contributed by atoms with Crippen LogP contribution in [0.5, 0.6) is 0 Å². The summed E-state index contributed by atoms with van der Waals surface area (Å²) in [5, 5.41) is 0. The number of carbonyl (C=O) groups is 2. The molecular weight excluding hydrogens is 452 g/mol. The van der Waals surface area contributed by atoms with Gasteiger partial charge in [0.15, 0.2) is 0 Å². The van der Waals surface area contributed by atoms with Crippen LogP contribution in [-0.4, -0.2) is 37.9 Å². The zero-order chi connectivity index (χ0) is 26.5. The van der Waals surface area contributed by atoms with Crippen LogP contribution >= 0.6 is 0 Å². The third-order valence-electron chi connectivity index (χ3n) is 11.5. The first-order chi connectivity index (χ1) is 16.6. The van der Waals surface area contributed by atoms with Crippen LogP contribution in [0.4, 0.5) is 0 Å². The number of benzene rings is 1. The summed E-state index contributed by atoms with van der Waals surface area (Å²) in [5.41, 5.74) is 1.97. The summed E-state index contributed by atoms with van der Waals surface area (Å²) in [7, 11) is 1.74. The van der Waals surface area contributed by atoms with Gasteiger partial charge in [0.05, 0.1) is 18.6 Å². The van der Waals surface area contributed by atoms with E-state index < -0.39 is 16.4 Å². The number of carbonyl (C=O) groups excluding carboxylic acids is 2. The summed E-state index contributed by atoms with van der Waals surface area (Å²) in [5.74, 6) is -0.244. The van der Waals surface area contributed by atoms with E-state index in [1.807, 2.05) is 20.8 Å². The van der Waals surface area contributed by atoms with E-state index in [9.17, 15) is 9.59 Å². The van der Waals surface area contributed by atoms with Crippen molar-refractivity contribution >= 4 is 11.9 Å². The summed E-state index contributed by atoms with van der Waals surface area (Å²) >= 11 is 0. The van der Waals surface area contributed by atoms with Crippen molar-refractivity contribution in [3.63, 3.8) is 0 Å². The van der Waals surface area contributed by atoms with Crippen molar-refractivity contribution in [3.05, 3.63) is 34.9 Å². The fourth-order valence-corrected chi connectivity index (χ4v) is 7.79. The molecule has 5 heteroatoms. The summed E-state index contributed by atoms with van der Waals surface area (Å²) in [6, 6.07) is 7.04. The third-order valence-corrected chi connectivity index (χ3v) is 11.5. The number of methoxy groups -OCH3 is 1. The molecule has 3 fully saturated rings. The standard InChI is InChI=1S/C31H44O5/c1-26(2)12-13-27(3,4)21-16-19(10-11-20(21)26)30(8)22(17-34-9)23(30)18-35-25(33)31-15-14-29(7,24(32)36-31)28(31,5)6/h10-11,16,22-23H,12-15,17-18H2,1-9H3/t22?,23?,29?,30-,31?/m0/s1. The Kier molecular flexibility index (Phi) is 5.43. The monoisotopic (exact) mass is 496 g/mol. The van der Waals surface area contributed by atoms with Crippen LogP contribution in [0.25, 0.3) is 0 Å². The average Bonchev–Trinajstić information content (AvgIpc) is 3.27. The fourth-order valence-electron chi connectivity index (χ4n) is 7.79. The second-order valence-electron chi connectivity index (χ2n) is 14.3. The predicted molar refractivity (Wildman–Crippen MR) is 139 cm³/mol. The molecule has 0 aromatic heterocycles. The minimum absolute atomic E-state index is 0.132. The van der Waals surface area contributed by atoms with Crippen molar-refractivity contribution < 1.29 is 23.8 Å². The Bertz CT molecular complexity index is 1120. The maximum atomic E-state index is 13.5. The molecule has 198 valence electrons. The molecule has 0 amide bonds. The Morgan fingerprint density at radius 3 is 2.06 bits per heavy atom. The summed E-state index contributed by atoms with van der Waals surface area (Å²) in [4.78, 5) is 26.1. The molecule has 0 N–H and O–H groups in total.